The van der Waals surface area contributed by atoms with E-state index in [2.05, 4.69) is 13.8 Å². The first-order valence-electron chi connectivity index (χ1n) is 7.32. The molecule has 3 aliphatic rings. The average Bonchev–Trinajstić information content (AvgIpc) is 2.60. The third kappa shape index (κ3) is 1.56. The normalized spacial score (nSPS) is 55.7. The number of fused-ring (bicyclic) bond motifs is 3. The summed E-state index contributed by atoms with van der Waals surface area (Å²) in [6, 6.07) is 0. The van der Waals surface area contributed by atoms with Gasteiger partial charge in [0, 0.05) is 11.8 Å². The number of hydrogen-bond acceptors (Lipinski definition) is 3. The van der Waals surface area contributed by atoms with Crippen LogP contribution < -0.4 is 0 Å². The first-order chi connectivity index (χ1) is 8.44. The minimum Gasteiger partial charge on any atom is -0.462 e. The van der Waals surface area contributed by atoms with Gasteiger partial charge < -0.3 is 9.84 Å². The van der Waals surface area contributed by atoms with Crippen LogP contribution in [0.2, 0.25) is 0 Å². The highest BCUT2D eigenvalue weighted by Crippen LogP contribution is 2.57. The summed E-state index contributed by atoms with van der Waals surface area (Å²) < 4.78 is 5.68. The Kier molecular flexibility index (Phi) is 2.74. The van der Waals surface area contributed by atoms with Crippen molar-refractivity contribution in [2.24, 2.45) is 29.1 Å². The third-order valence-electron chi connectivity index (χ3n) is 6.08. The highest BCUT2D eigenvalue weighted by Gasteiger charge is 2.58. The van der Waals surface area contributed by atoms with Gasteiger partial charge in [-0.2, -0.15) is 0 Å². The number of ether oxygens (including phenoxy) is 1. The second kappa shape index (κ2) is 3.96. The lowest BCUT2D eigenvalue weighted by molar-refractivity contribution is -0.159. The standard InChI is InChI=1S/C15H24O3/c1-8-10-4-6-15(3)7-5-11(16)9(2)12(15)13(10)18-14(8)17/h8-13,16H,4-7H2,1-3H3/t8-,9+,10-,11-,12+,13+,15-/m0/s1. The van der Waals surface area contributed by atoms with Crippen molar-refractivity contribution in [2.45, 2.75) is 58.7 Å². The number of aliphatic hydroxyl groups excluding tert-OH is 1. The first kappa shape index (κ1) is 12.5. The molecule has 3 nitrogen and oxygen atoms in total. The number of aliphatic hydroxyl groups is 1. The number of rotatable bonds is 0. The SMILES string of the molecule is C[C@H]1[C@@H]2[C@@H]3OC(=O)[C@@H](C)[C@@H]3CC[C@@]2(C)CC[C@@H]1O. The Bertz CT molecular complexity index is 367. The van der Waals surface area contributed by atoms with Crippen LogP contribution in [0.5, 0.6) is 0 Å². The highest BCUT2D eigenvalue weighted by atomic mass is 16.6. The second-order valence-corrected chi connectivity index (χ2v) is 7.04. The molecule has 0 bridgehead atoms. The van der Waals surface area contributed by atoms with Crippen molar-refractivity contribution in [1.29, 1.82) is 0 Å². The van der Waals surface area contributed by atoms with Gasteiger partial charge in [-0.25, -0.2) is 0 Å². The van der Waals surface area contributed by atoms with Crippen molar-refractivity contribution in [3.8, 4) is 0 Å². The number of carbonyl (C=O) groups excluding carboxylic acids is 1. The van der Waals surface area contributed by atoms with Crippen molar-refractivity contribution >= 4 is 5.97 Å². The van der Waals surface area contributed by atoms with E-state index in [0.29, 0.717) is 11.8 Å². The minimum atomic E-state index is -0.226. The molecule has 0 aromatic rings. The summed E-state index contributed by atoms with van der Waals surface area (Å²) in [4.78, 5) is 11.8. The first-order valence-corrected chi connectivity index (χ1v) is 7.32. The maximum Gasteiger partial charge on any atom is 0.309 e. The molecule has 1 aliphatic heterocycles. The van der Waals surface area contributed by atoms with E-state index >= 15 is 0 Å². The van der Waals surface area contributed by atoms with Gasteiger partial charge in [0.15, 0.2) is 0 Å². The van der Waals surface area contributed by atoms with Crippen molar-refractivity contribution in [1.82, 2.24) is 0 Å². The highest BCUT2D eigenvalue weighted by molar-refractivity contribution is 5.75. The fourth-order valence-corrected chi connectivity index (χ4v) is 4.81. The van der Waals surface area contributed by atoms with E-state index in [0.717, 1.165) is 19.3 Å². The molecule has 2 saturated carbocycles. The summed E-state index contributed by atoms with van der Waals surface area (Å²) in [6.45, 7) is 6.46. The number of carbonyl (C=O) groups is 1. The van der Waals surface area contributed by atoms with Gasteiger partial charge in [0.1, 0.15) is 6.10 Å². The van der Waals surface area contributed by atoms with Gasteiger partial charge in [0.2, 0.25) is 0 Å². The van der Waals surface area contributed by atoms with E-state index in [4.69, 9.17) is 4.74 Å². The van der Waals surface area contributed by atoms with Gasteiger partial charge in [-0.05, 0) is 37.0 Å². The van der Waals surface area contributed by atoms with Crippen LogP contribution in [0.1, 0.15) is 46.5 Å². The van der Waals surface area contributed by atoms with Crippen molar-refractivity contribution in [3.63, 3.8) is 0 Å². The van der Waals surface area contributed by atoms with Crippen LogP contribution in [-0.2, 0) is 9.53 Å². The lowest BCUT2D eigenvalue weighted by Crippen LogP contribution is -2.53. The summed E-state index contributed by atoms with van der Waals surface area (Å²) in [5, 5.41) is 10.1. The van der Waals surface area contributed by atoms with Crippen molar-refractivity contribution in [3.05, 3.63) is 0 Å². The molecule has 102 valence electrons. The van der Waals surface area contributed by atoms with Crippen LogP contribution in [0.4, 0.5) is 0 Å². The average molecular weight is 252 g/mol. The van der Waals surface area contributed by atoms with E-state index in [1.165, 1.54) is 6.42 Å². The van der Waals surface area contributed by atoms with Gasteiger partial charge in [-0.1, -0.05) is 20.8 Å². The Morgan fingerprint density at radius 2 is 1.94 bits per heavy atom. The number of hydrogen-bond donors (Lipinski definition) is 1. The van der Waals surface area contributed by atoms with Gasteiger partial charge in [-0.15, -0.1) is 0 Å². The molecule has 7 atom stereocenters. The quantitative estimate of drug-likeness (QED) is 0.673. The Hall–Kier alpha value is -0.570. The van der Waals surface area contributed by atoms with E-state index in [9.17, 15) is 9.90 Å². The Balaban J connectivity index is 1.93. The molecule has 3 fully saturated rings. The number of esters is 1. The lowest BCUT2D eigenvalue weighted by Gasteiger charge is -2.53. The van der Waals surface area contributed by atoms with Gasteiger partial charge in [0.05, 0.1) is 12.0 Å². The van der Waals surface area contributed by atoms with E-state index in [-0.39, 0.29) is 35.4 Å². The molecule has 0 spiro atoms. The fourth-order valence-electron chi connectivity index (χ4n) is 4.81. The van der Waals surface area contributed by atoms with Gasteiger partial charge >= 0.3 is 5.97 Å². The predicted molar refractivity (Wildman–Crippen MR) is 67.8 cm³/mol. The van der Waals surface area contributed by atoms with E-state index < -0.39 is 0 Å². The van der Waals surface area contributed by atoms with E-state index in [1.54, 1.807) is 0 Å². The molecule has 0 amide bonds. The van der Waals surface area contributed by atoms with E-state index in [1.807, 2.05) is 6.92 Å². The molecule has 2 aliphatic carbocycles. The molecule has 1 N–H and O–H groups in total. The fraction of sp³-hybridized carbons (Fsp3) is 0.933. The topological polar surface area (TPSA) is 46.5 Å². The molecular weight excluding hydrogens is 228 g/mol. The van der Waals surface area contributed by atoms with Crippen LogP contribution in [0.3, 0.4) is 0 Å². The molecule has 18 heavy (non-hydrogen) atoms. The van der Waals surface area contributed by atoms with Crippen LogP contribution in [0.15, 0.2) is 0 Å². The smallest absolute Gasteiger partial charge is 0.309 e. The maximum atomic E-state index is 11.8. The summed E-state index contributed by atoms with van der Waals surface area (Å²) in [7, 11) is 0. The third-order valence-corrected chi connectivity index (χ3v) is 6.08. The molecule has 0 radical (unpaired) electrons. The monoisotopic (exact) mass is 252 g/mol. The Morgan fingerprint density at radius 3 is 2.67 bits per heavy atom. The van der Waals surface area contributed by atoms with Crippen molar-refractivity contribution in [2.75, 3.05) is 0 Å². The molecule has 0 aromatic heterocycles. The summed E-state index contributed by atoms with van der Waals surface area (Å²) in [5.41, 5.74) is 0.254. The van der Waals surface area contributed by atoms with Crippen LogP contribution in [0.25, 0.3) is 0 Å². The lowest BCUT2D eigenvalue weighted by atomic mass is 9.53. The zero-order valence-electron chi connectivity index (χ0n) is 11.6. The van der Waals surface area contributed by atoms with Crippen LogP contribution >= 0.6 is 0 Å². The zero-order valence-corrected chi connectivity index (χ0v) is 11.6. The second-order valence-electron chi connectivity index (χ2n) is 7.04. The molecule has 0 unspecified atom stereocenters. The zero-order chi connectivity index (χ0) is 13.1. The Morgan fingerprint density at radius 1 is 1.28 bits per heavy atom. The molecular formula is C15H24O3. The van der Waals surface area contributed by atoms with Crippen LogP contribution in [-0.4, -0.2) is 23.3 Å². The summed E-state index contributed by atoms with van der Waals surface area (Å²) >= 11 is 0. The molecule has 1 saturated heterocycles. The maximum absolute atomic E-state index is 11.8. The van der Waals surface area contributed by atoms with Gasteiger partial charge in [-0.3, -0.25) is 4.79 Å². The van der Waals surface area contributed by atoms with Crippen LogP contribution in [0, 0.1) is 29.1 Å². The molecule has 0 aromatic carbocycles. The Labute approximate surface area is 109 Å². The minimum absolute atomic E-state index is 0.0264. The summed E-state index contributed by atoms with van der Waals surface area (Å²) in [5.74, 6) is 0.985. The van der Waals surface area contributed by atoms with Crippen molar-refractivity contribution < 1.29 is 14.6 Å². The van der Waals surface area contributed by atoms with Gasteiger partial charge in [0.25, 0.3) is 0 Å². The largest absolute Gasteiger partial charge is 0.462 e. The molecule has 1 heterocycles. The summed E-state index contributed by atoms with van der Waals surface area (Å²) in [6.07, 6.45) is 4.07. The predicted octanol–water partition coefficient (Wildman–Crippen LogP) is 2.37. The molecule has 3 heteroatoms. The molecule has 3 rings (SSSR count).